The highest BCUT2D eigenvalue weighted by Crippen LogP contribution is 2.46. The van der Waals surface area contributed by atoms with Crippen molar-refractivity contribution in [1.82, 2.24) is 45.4 Å². The smallest absolute Gasteiger partial charge is 0.324 e. The number of esters is 1. The molecular weight excluding hydrogens is 919 g/mol. The van der Waals surface area contributed by atoms with E-state index in [0.29, 0.717) is 75.8 Å². The molecule has 5 aliphatic heterocycles. The van der Waals surface area contributed by atoms with Gasteiger partial charge in [-0.3, -0.25) is 39.3 Å². The molecule has 7 aliphatic rings. The van der Waals surface area contributed by atoms with Gasteiger partial charge < -0.3 is 29.2 Å². The Hall–Kier alpha value is -5.23. The molecule has 2 unspecified atom stereocenters. The summed E-state index contributed by atoms with van der Waals surface area (Å²) in [4.78, 5) is 86.1. The first-order valence-electron chi connectivity index (χ1n) is 26.2. The molecule has 3 aromatic heterocycles. The number of hydrogen-bond acceptors (Lipinski definition) is 12. The minimum Gasteiger partial charge on any atom is -0.464 e. The molecule has 71 heavy (non-hydrogen) atoms. The number of aryl methyl sites for hydroxylation is 1. The number of likely N-dealkylation sites (tertiary alicyclic amines) is 2. The van der Waals surface area contributed by atoms with Crippen LogP contribution in [0.15, 0.2) is 41.9 Å². The Kier molecular flexibility index (Phi) is 12.9. The van der Waals surface area contributed by atoms with Gasteiger partial charge in [-0.2, -0.15) is 0 Å². The quantitative estimate of drug-likeness (QED) is 0.126. The number of amides is 4. The van der Waals surface area contributed by atoms with Crippen LogP contribution in [-0.4, -0.2) is 129 Å². The van der Waals surface area contributed by atoms with Crippen LogP contribution in [0, 0.1) is 22.7 Å². The normalized spacial score (nSPS) is 27.8. The number of nitrogens with one attached hydrogen (secondary N) is 3. The van der Waals surface area contributed by atoms with Gasteiger partial charge in [0.25, 0.3) is 5.91 Å². The van der Waals surface area contributed by atoms with Crippen molar-refractivity contribution < 1.29 is 33.4 Å². The van der Waals surface area contributed by atoms with Gasteiger partial charge in [0, 0.05) is 91.3 Å². The molecule has 7 atom stereocenters. The fourth-order valence-electron chi connectivity index (χ4n) is 12.7. The van der Waals surface area contributed by atoms with Gasteiger partial charge in [0.15, 0.2) is 0 Å². The van der Waals surface area contributed by atoms with E-state index in [1.54, 1.807) is 18.2 Å². The Bertz CT molecular complexity index is 2740. The predicted molar refractivity (Wildman–Crippen MR) is 268 cm³/mol. The molecule has 6 fully saturated rings. The largest absolute Gasteiger partial charge is 0.464 e. The lowest BCUT2D eigenvalue weighted by molar-refractivity contribution is -0.155. The summed E-state index contributed by atoms with van der Waals surface area (Å²) in [7, 11) is 1.69. The van der Waals surface area contributed by atoms with Gasteiger partial charge in [-0.25, -0.2) is 10.4 Å². The van der Waals surface area contributed by atoms with Crippen molar-refractivity contribution in [3.8, 4) is 22.5 Å². The Morgan fingerprint density at radius 3 is 2.61 bits per heavy atom. The second-order valence-corrected chi connectivity index (χ2v) is 23.3. The zero-order chi connectivity index (χ0) is 49.3. The van der Waals surface area contributed by atoms with E-state index in [0.717, 1.165) is 70.4 Å². The average molecular weight is 988 g/mol. The summed E-state index contributed by atoms with van der Waals surface area (Å²) < 4.78 is 14.3. The highest BCUT2D eigenvalue weighted by atomic mass is 32.1. The van der Waals surface area contributed by atoms with E-state index < -0.39 is 34.9 Å². The number of carbonyl (C=O) groups is 5. The third-order valence-corrected chi connectivity index (χ3v) is 17.7. The maximum absolute atomic E-state index is 15.1. The standard InChI is InChI=1S/C54H69N9O7S/c1-6-61-41-18-17-34-25-36(41)37(47(61)35-13-9-21-55-43(35)31(2)69-5)27-53(3,4)30-70-51(67)38-14-10-22-63(59-38)49(65)39(26-42-56-40(34)28-71-42)57-48(64)46(33-11-7-8-12-33)62-24-20-54(52(62)68)19-23-60(29-54)50(66)45-44(58-45)32-15-16-32/h9,13,17-18,21,25,28,31-33,38-39,44-46,58-59H,6-8,10-12,14-16,19-20,22-24,26-27,29-30H2,1-5H3,(H,57,64)/t31-,38-,39-,44?,45+,46?,54-/m0/s1. The SMILES string of the molecule is CCn1c(-c2cccnc2[C@H](C)OC)c2c3cc(ccc31)-c1csc(n1)C[C@H](NC(=O)C(C1CCCC1)N1CC[C@]3(CCN(C(=O)[C@@H]4NC4C4CC4)C3)C1=O)C(=O)N1CCC[C@H](N1)C(=O)OCC(C)(C)C2. The second-order valence-electron chi connectivity index (χ2n) is 22.3. The fraction of sp³-hybridized carbons (Fsp3) is 0.611. The van der Waals surface area contributed by atoms with Gasteiger partial charge in [-0.15, -0.1) is 11.3 Å². The van der Waals surface area contributed by atoms with Crippen LogP contribution in [0.2, 0.25) is 0 Å². The molecule has 378 valence electrons. The maximum atomic E-state index is 15.1. The number of nitrogens with zero attached hydrogens (tertiary/aromatic N) is 6. The molecule has 11 rings (SSSR count). The monoisotopic (exact) mass is 988 g/mol. The van der Waals surface area contributed by atoms with E-state index in [2.05, 4.69) is 65.7 Å². The lowest BCUT2D eigenvalue weighted by Crippen LogP contribution is -2.62. The van der Waals surface area contributed by atoms with Crippen molar-refractivity contribution in [2.75, 3.05) is 39.9 Å². The van der Waals surface area contributed by atoms with Gasteiger partial charge in [-0.05, 0) is 113 Å². The first-order valence-corrected chi connectivity index (χ1v) is 27.1. The Morgan fingerprint density at radius 2 is 1.83 bits per heavy atom. The van der Waals surface area contributed by atoms with Crippen LogP contribution < -0.4 is 16.1 Å². The van der Waals surface area contributed by atoms with Gasteiger partial charge >= 0.3 is 5.97 Å². The van der Waals surface area contributed by atoms with E-state index in [-0.39, 0.29) is 60.8 Å². The van der Waals surface area contributed by atoms with Crippen LogP contribution in [0.25, 0.3) is 33.4 Å². The number of pyridine rings is 1. The van der Waals surface area contributed by atoms with Crippen molar-refractivity contribution in [2.24, 2.45) is 22.7 Å². The summed E-state index contributed by atoms with van der Waals surface area (Å²) in [6.45, 7) is 10.9. The number of hydrogen-bond donors (Lipinski definition) is 3. The molecule has 2 aliphatic carbocycles. The van der Waals surface area contributed by atoms with Crippen molar-refractivity contribution >= 4 is 51.8 Å². The maximum Gasteiger partial charge on any atom is 0.324 e. The molecule has 4 saturated heterocycles. The lowest BCUT2D eigenvalue weighted by Gasteiger charge is -2.37. The summed E-state index contributed by atoms with van der Waals surface area (Å²) in [5.74, 6) is -0.583. The molecule has 8 heterocycles. The number of rotatable bonds is 10. The Labute approximate surface area is 419 Å². The highest BCUT2D eigenvalue weighted by molar-refractivity contribution is 7.10. The van der Waals surface area contributed by atoms with E-state index in [1.165, 1.54) is 29.2 Å². The first-order chi connectivity index (χ1) is 34.3. The summed E-state index contributed by atoms with van der Waals surface area (Å²) >= 11 is 1.45. The van der Waals surface area contributed by atoms with Gasteiger partial charge in [0.2, 0.25) is 17.7 Å². The molecule has 1 aromatic carbocycles. The van der Waals surface area contributed by atoms with E-state index in [1.807, 2.05) is 23.3 Å². The van der Waals surface area contributed by atoms with E-state index in [9.17, 15) is 19.2 Å². The third kappa shape index (κ3) is 9.07. The Morgan fingerprint density at radius 1 is 1.03 bits per heavy atom. The number of cyclic esters (lactones) is 1. The topological polar surface area (TPSA) is 190 Å². The number of thiazole rings is 1. The molecule has 3 N–H and O–H groups in total. The molecule has 6 bridgehead atoms. The van der Waals surface area contributed by atoms with E-state index >= 15 is 4.79 Å². The van der Waals surface area contributed by atoms with Gasteiger partial charge in [-0.1, -0.05) is 32.8 Å². The summed E-state index contributed by atoms with van der Waals surface area (Å²) in [6, 6.07) is 8.07. The molecule has 0 radical (unpaired) electrons. The number of hydrazine groups is 1. The summed E-state index contributed by atoms with van der Waals surface area (Å²) in [5, 5.41) is 11.8. The number of methoxy groups -OCH3 is 1. The molecule has 2 saturated carbocycles. The van der Waals surface area contributed by atoms with Crippen molar-refractivity contribution in [2.45, 2.75) is 148 Å². The highest BCUT2D eigenvalue weighted by Gasteiger charge is 2.58. The van der Waals surface area contributed by atoms with Crippen LogP contribution in [0.4, 0.5) is 0 Å². The third-order valence-electron chi connectivity index (χ3n) is 16.8. The molecule has 4 amide bonds. The van der Waals surface area contributed by atoms with Gasteiger partial charge in [0.05, 0.1) is 40.2 Å². The molecule has 1 spiro atoms. The van der Waals surface area contributed by atoms with Crippen molar-refractivity contribution in [3.05, 3.63) is 58.2 Å². The summed E-state index contributed by atoms with van der Waals surface area (Å²) in [5.41, 5.74) is 8.73. The average Bonchev–Trinajstić information content (AvgIpc) is 4.07. The Balaban J connectivity index is 0.917. The van der Waals surface area contributed by atoms with Gasteiger partial charge in [0.1, 0.15) is 24.2 Å². The number of benzene rings is 1. The zero-order valence-electron chi connectivity index (χ0n) is 41.8. The predicted octanol–water partition coefficient (Wildman–Crippen LogP) is 5.96. The summed E-state index contributed by atoms with van der Waals surface area (Å²) in [6.07, 6.45) is 10.4. The fourth-order valence-corrected chi connectivity index (χ4v) is 13.5. The number of ether oxygens (including phenoxy) is 2. The van der Waals surface area contributed by atoms with Crippen LogP contribution in [-0.2, 0) is 52.8 Å². The zero-order valence-corrected chi connectivity index (χ0v) is 42.7. The minimum absolute atomic E-state index is 0.0582. The number of carbonyl (C=O) groups excluding carboxylic acids is 5. The molecule has 16 nitrogen and oxygen atoms in total. The van der Waals surface area contributed by atoms with Crippen molar-refractivity contribution in [3.63, 3.8) is 0 Å². The lowest BCUT2D eigenvalue weighted by atomic mass is 9.84. The second kappa shape index (κ2) is 19.0. The minimum atomic E-state index is -1.04. The number of fused-ring (bicyclic) bond motifs is 6. The van der Waals surface area contributed by atoms with Crippen LogP contribution in [0.5, 0.6) is 0 Å². The van der Waals surface area contributed by atoms with Crippen LogP contribution in [0.1, 0.15) is 114 Å². The molecule has 4 aromatic rings. The van der Waals surface area contributed by atoms with Crippen LogP contribution in [0.3, 0.4) is 0 Å². The molecular formula is C54H69N9O7S. The van der Waals surface area contributed by atoms with Crippen molar-refractivity contribution in [1.29, 1.82) is 0 Å². The number of aromatic nitrogens is 3. The molecule has 17 heteroatoms. The van der Waals surface area contributed by atoms with E-state index in [4.69, 9.17) is 19.4 Å². The van der Waals surface area contributed by atoms with Crippen LogP contribution >= 0.6 is 11.3 Å². The first kappa shape index (κ1) is 48.1.